The third-order valence-electron chi connectivity index (χ3n) is 6.06. The van der Waals surface area contributed by atoms with Crippen molar-refractivity contribution in [3.63, 3.8) is 0 Å². The molecule has 2 atom stereocenters. The Kier molecular flexibility index (Phi) is 7.82. The molecule has 1 unspecified atom stereocenters. The molecule has 7 nitrogen and oxygen atoms in total. The van der Waals surface area contributed by atoms with Crippen molar-refractivity contribution in [2.45, 2.75) is 61.8 Å². The molecule has 0 bridgehead atoms. The Labute approximate surface area is 213 Å². The van der Waals surface area contributed by atoms with Crippen LogP contribution in [0.3, 0.4) is 0 Å². The average molecular weight is 466 g/mol. The summed E-state index contributed by atoms with van der Waals surface area (Å²) in [5, 5.41) is 0.461. The van der Waals surface area contributed by atoms with Gasteiger partial charge in [-0.05, 0) is 38.0 Å². The number of ether oxygens (including phenoxy) is 3. The molecule has 0 amide bonds. The molecular formula is C23H28N3NaO4S. The number of pyridine rings is 1. The van der Waals surface area contributed by atoms with Crippen LogP contribution in [0.2, 0.25) is 0 Å². The monoisotopic (exact) mass is 465 g/mol. The van der Waals surface area contributed by atoms with Crippen molar-refractivity contribution >= 4 is 51.8 Å². The van der Waals surface area contributed by atoms with Gasteiger partial charge in [-0.1, -0.05) is 18.6 Å². The number of fused-ring (bicyclic) bond motifs is 1. The van der Waals surface area contributed by atoms with E-state index in [-0.39, 0.29) is 41.4 Å². The van der Waals surface area contributed by atoms with E-state index in [0.717, 1.165) is 53.7 Å². The molecule has 1 aliphatic carbocycles. The topological polar surface area (TPSA) is 92.3 Å². The Morgan fingerprint density at radius 3 is 2.84 bits per heavy atom. The molecule has 2 aliphatic rings. The van der Waals surface area contributed by atoms with E-state index in [4.69, 9.17) is 14.2 Å². The van der Waals surface area contributed by atoms with Crippen LogP contribution in [-0.2, 0) is 26.4 Å². The van der Waals surface area contributed by atoms with Gasteiger partial charge in [0.15, 0.2) is 11.5 Å². The first kappa shape index (κ1) is 24.0. The number of para-hydroxylation sites is 2. The molecule has 3 aromatic rings. The van der Waals surface area contributed by atoms with Gasteiger partial charge in [-0.2, -0.15) is 4.98 Å². The second-order valence-corrected chi connectivity index (χ2v) is 9.63. The molecule has 1 saturated carbocycles. The van der Waals surface area contributed by atoms with Gasteiger partial charge in [0.05, 0.1) is 23.3 Å². The molecule has 1 spiro atoms. The SMILES string of the molecule is Cc1c(OC[C@H]2COC3(CCCCC3)O2)ccnc1C[S+]([O-])c1nc2ccccc2[nH]1.[NaH]. The van der Waals surface area contributed by atoms with E-state index >= 15 is 0 Å². The van der Waals surface area contributed by atoms with Gasteiger partial charge in [0, 0.05) is 35.8 Å². The number of nitrogens with one attached hydrogen (secondary N) is 1. The normalized spacial score (nSPS) is 20.9. The van der Waals surface area contributed by atoms with Gasteiger partial charge in [-0.25, -0.2) is 0 Å². The third-order valence-corrected chi connectivity index (χ3v) is 7.22. The van der Waals surface area contributed by atoms with Crippen molar-refractivity contribution in [3.8, 4) is 5.75 Å². The molecule has 1 saturated heterocycles. The van der Waals surface area contributed by atoms with E-state index in [0.29, 0.717) is 18.4 Å². The molecule has 2 fully saturated rings. The quantitative estimate of drug-likeness (QED) is 0.443. The summed E-state index contributed by atoms with van der Waals surface area (Å²) in [6.45, 7) is 2.94. The Bertz CT molecular complexity index is 1020. The molecule has 5 rings (SSSR count). The number of nitrogens with zero attached hydrogens (tertiary/aromatic N) is 2. The summed E-state index contributed by atoms with van der Waals surface area (Å²) in [5.74, 6) is 0.614. The van der Waals surface area contributed by atoms with Crippen LogP contribution in [0.1, 0.15) is 43.4 Å². The number of aromatic nitrogens is 3. The number of hydrogen-bond donors (Lipinski definition) is 1. The molecule has 2 aromatic heterocycles. The zero-order valence-electron chi connectivity index (χ0n) is 17.6. The maximum atomic E-state index is 12.9. The summed E-state index contributed by atoms with van der Waals surface area (Å²) >= 11 is -1.33. The predicted octanol–water partition coefficient (Wildman–Crippen LogP) is 3.38. The first-order valence-corrected chi connectivity index (χ1v) is 12.2. The summed E-state index contributed by atoms with van der Waals surface area (Å²) in [6, 6.07) is 9.51. The Morgan fingerprint density at radius 2 is 2.03 bits per heavy atom. The third kappa shape index (κ3) is 5.17. The first-order chi connectivity index (χ1) is 15.1. The minimum absolute atomic E-state index is 0. The molecule has 9 heteroatoms. The first-order valence-electron chi connectivity index (χ1n) is 10.8. The molecule has 32 heavy (non-hydrogen) atoms. The Morgan fingerprint density at radius 1 is 1.22 bits per heavy atom. The zero-order valence-corrected chi connectivity index (χ0v) is 18.5. The number of hydrogen-bond acceptors (Lipinski definition) is 6. The van der Waals surface area contributed by atoms with Crippen molar-refractivity contribution in [1.82, 2.24) is 15.0 Å². The fourth-order valence-corrected chi connectivity index (χ4v) is 5.42. The van der Waals surface area contributed by atoms with Crippen LogP contribution < -0.4 is 4.74 Å². The van der Waals surface area contributed by atoms with Crippen LogP contribution in [-0.4, -0.2) is 74.2 Å². The summed E-state index contributed by atoms with van der Waals surface area (Å²) in [6.07, 6.45) is 7.13. The standard InChI is InChI=1S/C23H27N3O4S.Na.H/c1-16-20(15-31(27)22-25-18-7-3-4-8-19(18)26-22)24-12-9-21(16)28-13-17-14-29-23(30-17)10-5-2-6-11-23;;/h3-4,7-9,12,17H,2,5-6,10-11,13-15H2,1H3,(H,25,26);;/t17-,31?;;/m0../s1. The molecular weight excluding hydrogens is 437 g/mol. The molecule has 0 radical (unpaired) electrons. The number of aromatic amines is 1. The molecule has 1 aromatic carbocycles. The second kappa shape index (κ2) is 10.4. The number of imidazole rings is 1. The fourth-order valence-electron chi connectivity index (χ4n) is 4.32. The number of H-pyrrole nitrogens is 1. The van der Waals surface area contributed by atoms with Gasteiger partial charge in [-0.15, -0.1) is 0 Å². The minimum atomic E-state index is -1.33. The average Bonchev–Trinajstić information content (AvgIpc) is 3.39. The zero-order chi connectivity index (χ0) is 21.3. The van der Waals surface area contributed by atoms with Crippen molar-refractivity contribution in [2.75, 3.05) is 13.2 Å². The van der Waals surface area contributed by atoms with E-state index in [1.807, 2.05) is 37.3 Å². The number of rotatable bonds is 6. The molecule has 166 valence electrons. The van der Waals surface area contributed by atoms with Crippen LogP contribution in [0.15, 0.2) is 41.7 Å². The summed E-state index contributed by atoms with van der Waals surface area (Å²) in [7, 11) is 0. The van der Waals surface area contributed by atoms with Crippen LogP contribution in [0.4, 0.5) is 0 Å². The molecule has 1 aliphatic heterocycles. The van der Waals surface area contributed by atoms with E-state index in [1.54, 1.807) is 6.20 Å². The van der Waals surface area contributed by atoms with Gasteiger partial charge in [0.25, 0.3) is 0 Å². The van der Waals surface area contributed by atoms with Crippen LogP contribution >= 0.6 is 0 Å². The summed E-state index contributed by atoms with van der Waals surface area (Å²) < 4.78 is 31.2. The second-order valence-electron chi connectivity index (χ2n) is 8.26. The van der Waals surface area contributed by atoms with Gasteiger partial charge >= 0.3 is 34.7 Å². The Balaban J connectivity index is 0.00000245. The molecule has 1 N–H and O–H groups in total. The summed E-state index contributed by atoms with van der Waals surface area (Å²) in [4.78, 5) is 12.0. The van der Waals surface area contributed by atoms with Gasteiger partial charge in [0.1, 0.15) is 18.5 Å². The van der Waals surface area contributed by atoms with Crippen molar-refractivity contribution in [3.05, 3.63) is 47.8 Å². The van der Waals surface area contributed by atoms with Crippen molar-refractivity contribution in [1.29, 1.82) is 0 Å². The van der Waals surface area contributed by atoms with E-state index in [1.165, 1.54) is 6.42 Å². The van der Waals surface area contributed by atoms with Crippen LogP contribution in [0, 0.1) is 6.92 Å². The molecule has 3 heterocycles. The van der Waals surface area contributed by atoms with E-state index in [2.05, 4.69) is 15.0 Å². The van der Waals surface area contributed by atoms with Gasteiger partial charge < -0.3 is 18.8 Å². The summed E-state index contributed by atoms with van der Waals surface area (Å²) in [5.41, 5.74) is 3.31. The predicted molar refractivity (Wildman–Crippen MR) is 124 cm³/mol. The van der Waals surface area contributed by atoms with Gasteiger partial charge in [0.2, 0.25) is 0 Å². The fraction of sp³-hybridized carbons (Fsp3) is 0.478. The van der Waals surface area contributed by atoms with E-state index in [9.17, 15) is 4.55 Å². The van der Waals surface area contributed by atoms with E-state index < -0.39 is 17.0 Å². The number of benzene rings is 1. The van der Waals surface area contributed by atoms with Crippen molar-refractivity contribution < 1.29 is 18.8 Å². The van der Waals surface area contributed by atoms with Crippen LogP contribution in [0.5, 0.6) is 5.75 Å². The van der Waals surface area contributed by atoms with Crippen molar-refractivity contribution in [2.24, 2.45) is 0 Å². The van der Waals surface area contributed by atoms with Crippen LogP contribution in [0.25, 0.3) is 11.0 Å². The van der Waals surface area contributed by atoms with Gasteiger partial charge in [-0.3, -0.25) is 9.97 Å². The Hall–Kier alpha value is -1.13. The maximum absolute atomic E-state index is 12.9.